The van der Waals surface area contributed by atoms with Gasteiger partial charge in [-0.3, -0.25) is 0 Å². The zero-order valence-corrected chi connectivity index (χ0v) is 12.1. The fourth-order valence-corrected chi connectivity index (χ4v) is 2.29. The first-order chi connectivity index (χ1) is 8.97. The fourth-order valence-electron chi connectivity index (χ4n) is 2.29. The molecule has 2 N–H and O–H groups in total. The number of anilines is 2. The molecule has 3 heteroatoms. The van der Waals surface area contributed by atoms with Gasteiger partial charge in [-0.2, -0.15) is 0 Å². The molecule has 1 aromatic carbocycles. The maximum absolute atomic E-state index is 5.74. The van der Waals surface area contributed by atoms with E-state index in [9.17, 15) is 0 Å². The molecule has 1 heterocycles. The molecule has 0 radical (unpaired) electrons. The van der Waals surface area contributed by atoms with Gasteiger partial charge in [0.15, 0.2) is 0 Å². The molecule has 100 valence electrons. The molecule has 3 nitrogen and oxygen atoms in total. The third-order valence-electron chi connectivity index (χ3n) is 3.35. The zero-order valence-electron chi connectivity index (χ0n) is 12.1. The minimum Gasteiger partial charge on any atom is -0.397 e. The number of aryl methyl sites for hydroxylation is 3. The van der Waals surface area contributed by atoms with Gasteiger partial charge >= 0.3 is 0 Å². The van der Waals surface area contributed by atoms with Crippen LogP contribution in [0.1, 0.15) is 22.3 Å². The number of hydrogen-bond donors (Lipinski definition) is 1. The molecule has 0 aliphatic carbocycles. The Kier molecular flexibility index (Phi) is 3.74. The van der Waals surface area contributed by atoms with E-state index in [0.717, 1.165) is 17.9 Å². The van der Waals surface area contributed by atoms with E-state index in [1.165, 1.54) is 16.7 Å². The third-order valence-corrected chi connectivity index (χ3v) is 3.35. The molecule has 0 bridgehead atoms. The first kappa shape index (κ1) is 13.4. The maximum Gasteiger partial charge on any atom is 0.131 e. The average molecular weight is 255 g/mol. The van der Waals surface area contributed by atoms with Gasteiger partial charge in [0.25, 0.3) is 0 Å². The highest BCUT2D eigenvalue weighted by molar-refractivity contribution is 5.52. The monoisotopic (exact) mass is 255 g/mol. The van der Waals surface area contributed by atoms with Crippen LogP contribution in [0, 0.1) is 20.8 Å². The van der Waals surface area contributed by atoms with Gasteiger partial charge in [-0.15, -0.1) is 0 Å². The number of rotatable bonds is 3. The molecule has 19 heavy (non-hydrogen) atoms. The van der Waals surface area contributed by atoms with Crippen molar-refractivity contribution < 1.29 is 0 Å². The summed E-state index contributed by atoms with van der Waals surface area (Å²) in [5.41, 5.74) is 11.5. The van der Waals surface area contributed by atoms with E-state index in [1.807, 2.05) is 13.0 Å². The van der Waals surface area contributed by atoms with Crippen molar-refractivity contribution >= 4 is 11.5 Å². The molecule has 0 saturated heterocycles. The Morgan fingerprint density at radius 1 is 1.11 bits per heavy atom. The van der Waals surface area contributed by atoms with Crippen molar-refractivity contribution in [3.8, 4) is 0 Å². The third kappa shape index (κ3) is 3.05. The Labute approximate surface area is 115 Å². The number of nitrogens with zero attached hydrogens (tertiary/aromatic N) is 2. The van der Waals surface area contributed by atoms with Crippen molar-refractivity contribution in [1.82, 2.24) is 4.98 Å². The summed E-state index contributed by atoms with van der Waals surface area (Å²) >= 11 is 0. The second-order valence-corrected chi connectivity index (χ2v) is 5.20. The van der Waals surface area contributed by atoms with Crippen molar-refractivity contribution in [3.05, 3.63) is 52.7 Å². The predicted octanol–water partition coefficient (Wildman–Crippen LogP) is 3.23. The number of nitrogen functional groups attached to an aromatic ring is 1. The van der Waals surface area contributed by atoms with Crippen molar-refractivity contribution in [1.29, 1.82) is 0 Å². The SMILES string of the molecule is Cc1ccc(C)c(CN(C)c2ncc(N)cc2C)c1. The zero-order chi connectivity index (χ0) is 14.0. The van der Waals surface area contributed by atoms with Gasteiger partial charge in [-0.1, -0.05) is 23.8 Å². The summed E-state index contributed by atoms with van der Waals surface area (Å²) in [5.74, 6) is 0.982. The Bertz CT molecular complexity index is 591. The predicted molar refractivity (Wildman–Crippen MR) is 81.4 cm³/mol. The van der Waals surface area contributed by atoms with E-state index < -0.39 is 0 Å². The first-order valence-corrected chi connectivity index (χ1v) is 6.47. The number of benzene rings is 1. The quantitative estimate of drug-likeness (QED) is 0.915. The molecular weight excluding hydrogens is 234 g/mol. The highest BCUT2D eigenvalue weighted by Gasteiger charge is 2.09. The van der Waals surface area contributed by atoms with E-state index in [0.29, 0.717) is 5.69 Å². The summed E-state index contributed by atoms with van der Waals surface area (Å²) in [6, 6.07) is 8.51. The second kappa shape index (κ2) is 5.31. The Morgan fingerprint density at radius 3 is 2.53 bits per heavy atom. The van der Waals surface area contributed by atoms with E-state index in [2.05, 4.69) is 49.0 Å². The lowest BCUT2D eigenvalue weighted by atomic mass is 10.1. The molecule has 2 rings (SSSR count). The Hall–Kier alpha value is -2.03. The summed E-state index contributed by atoms with van der Waals surface area (Å²) < 4.78 is 0. The van der Waals surface area contributed by atoms with Crippen LogP contribution in [0.2, 0.25) is 0 Å². The molecule has 0 unspecified atom stereocenters. The second-order valence-electron chi connectivity index (χ2n) is 5.20. The fraction of sp³-hybridized carbons (Fsp3) is 0.312. The van der Waals surface area contributed by atoms with Crippen LogP contribution < -0.4 is 10.6 Å². The normalized spacial score (nSPS) is 10.5. The standard InChI is InChI=1S/C16H21N3/c1-11-5-6-12(2)14(7-11)10-19(4)16-13(3)8-15(17)9-18-16/h5-9H,10,17H2,1-4H3. The van der Waals surface area contributed by atoms with Crippen molar-refractivity contribution in [3.63, 3.8) is 0 Å². The van der Waals surface area contributed by atoms with E-state index in [4.69, 9.17) is 5.73 Å². The van der Waals surface area contributed by atoms with Gasteiger partial charge in [0, 0.05) is 13.6 Å². The molecule has 1 aromatic heterocycles. The van der Waals surface area contributed by atoms with Crippen LogP contribution in [0.25, 0.3) is 0 Å². The van der Waals surface area contributed by atoms with Crippen molar-refractivity contribution in [2.24, 2.45) is 0 Å². The number of aromatic nitrogens is 1. The molecular formula is C16H21N3. The largest absolute Gasteiger partial charge is 0.397 e. The van der Waals surface area contributed by atoms with Crippen LogP contribution in [0.4, 0.5) is 11.5 Å². The summed E-state index contributed by atoms with van der Waals surface area (Å²) in [4.78, 5) is 6.59. The highest BCUT2D eigenvalue weighted by atomic mass is 15.2. The number of nitrogens with two attached hydrogens (primary N) is 1. The van der Waals surface area contributed by atoms with Crippen molar-refractivity contribution in [2.45, 2.75) is 27.3 Å². The minimum atomic E-state index is 0.710. The summed E-state index contributed by atoms with van der Waals surface area (Å²) in [7, 11) is 2.06. The van der Waals surface area contributed by atoms with Crippen LogP contribution in [-0.4, -0.2) is 12.0 Å². The molecule has 0 amide bonds. The van der Waals surface area contributed by atoms with Gasteiger partial charge in [0.1, 0.15) is 5.82 Å². The summed E-state index contributed by atoms with van der Waals surface area (Å²) in [6.45, 7) is 7.16. The van der Waals surface area contributed by atoms with Gasteiger partial charge in [0.05, 0.1) is 11.9 Å². The molecule has 0 fully saturated rings. The minimum absolute atomic E-state index is 0.710. The molecule has 0 aliphatic rings. The van der Waals surface area contributed by atoms with Crippen LogP contribution >= 0.6 is 0 Å². The summed E-state index contributed by atoms with van der Waals surface area (Å²) in [6.07, 6.45) is 1.71. The van der Waals surface area contributed by atoms with Crippen LogP contribution in [-0.2, 0) is 6.54 Å². The molecule has 0 aliphatic heterocycles. The lowest BCUT2D eigenvalue weighted by Crippen LogP contribution is -2.19. The van der Waals surface area contributed by atoms with Crippen molar-refractivity contribution in [2.75, 3.05) is 17.7 Å². The lowest BCUT2D eigenvalue weighted by molar-refractivity contribution is 0.883. The smallest absolute Gasteiger partial charge is 0.131 e. The highest BCUT2D eigenvalue weighted by Crippen LogP contribution is 2.21. The summed E-state index contributed by atoms with van der Waals surface area (Å²) in [5, 5.41) is 0. The number of hydrogen-bond acceptors (Lipinski definition) is 3. The van der Waals surface area contributed by atoms with E-state index >= 15 is 0 Å². The maximum atomic E-state index is 5.74. The molecule has 0 spiro atoms. The van der Waals surface area contributed by atoms with Gasteiger partial charge in [-0.05, 0) is 43.5 Å². The number of pyridine rings is 1. The van der Waals surface area contributed by atoms with Gasteiger partial charge < -0.3 is 10.6 Å². The Balaban J connectivity index is 2.25. The average Bonchev–Trinajstić information content (AvgIpc) is 2.33. The van der Waals surface area contributed by atoms with Crippen LogP contribution in [0.5, 0.6) is 0 Å². The van der Waals surface area contributed by atoms with Crippen LogP contribution in [0.15, 0.2) is 30.5 Å². The van der Waals surface area contributed by atoms with Gasteiger partial charge in [-0.25, -0.2) is 4.98 Å². The first-order valence-electron chi connectivity index (χ1n) is 6.47. The molecule has 2 aromatic rings. The van der Waals surface area contributed by atoms with Crippen LogP contribution in [0.3, 0.4) is 0 Å². The van der Waals surface area contributed by atoms with E-state index in [-0.39, 0.29) is 0 Å². The van der Waals surface area contributed by atoms with Gasteiger partial charge in [0.2, 0.25) is 0 Å². The molecule has 0 atom stereocenters. The topological polar surface area (TPSA) is 42.2 Å². The van der Waals surface area contributed by atoms with E-state index in [1.54, 1.807) is 6.20 Å². The Morgan fingerprint density at radius 2 is 1.84 bits per heavy atom. The lowest BCUT2D eigenvalue weighted by Gasteiger charge is -2.21. The molecule has 0 saturated carbocycles.